The van der Waals surface area contributed by atoms with Gasteiger partial charge in [-0.2, -0.15) is 0 Å². The molecule has 1 aliphatic rings. The van der Waals surface area contributed by atoms with Gasteiger partial charge >= 0.3 is 5.69 Å². The molecule has 0 atom stereocenters. The van der Waals surface area contributed by atoms with E-state index in [1.807, 2.05) is 18.2 Å². The smallest absolute Gasteiger partial charge is 0.258 e. The topological polar surface area (TPSA) is 68.9 Å². The summed E-state index contributed by atoms with van der Waals surface area (Å²) in [6.07, 6.45) is 4.85. The van der Waals surface area contributed by atoms with Crippen molar-refractivity contribution in [2.24, 2.45) is 0 Å². The summed E-state index contributed by atoms with van der Waals surface area (Å²) in [6, 6.07) is 7.74. The second-order valence-corrected chi connectivity index (χ2v) is 5.23. The zero-order valence-corrected chi connectivity index (χ0v) is 11.4. The van der Waals surface area contributed by atoms with Crippen LogP contribution in [0, 0.1) is 10.1 Å². The molecule has 1 aromatic heterocycles. The van der Waals surface area contributed by atoms with Crippen LogP contribution in [0.2, 0.25) is 5.15 Å². The summed E-state index contributed by atoms with van der Waals surface area (Å²) in [6.45, 7) is 0. The standard InChI is InChI=1S/C14H12ClN3O2/c15-14-13(18(19)20)12(16-8-17-14)11-6-2-5-10(7-11)9-3-1-4-9/h2,5-9H,1,3-4H2. The summed E-state index contributed by atoms with van der Waals surface area (Å²) in [7, 11) is 0. The van der Waals surface area contributed by atoms with Crippen molar-refractivity contribution in [1.82, 2.24) is 9.97 Å². The predicted molar refractivity (Wildman–Crippen MR) is 75.7 cm³/mol. The summed E-state index contributed by atoms with van der Waals surface area (Å²) < 4.78 is 0. The van der Waals surface area contributed by atoms with Crippen LogP contribution in [0.25, 0.3) is 11.3 Å². The Morgan fingerprint density at radius 1 is 1.30 bits per heavy atom. The van der Waals surface area contributed by atoms with Crippen molar-refractivity contribution in [2.75, 3.05) is 0 Å². The number of hydrogen-bond acceptors (Lipinski definition) is 4. The number of benzene rings is 1. The number of hydrogen-bond donors (Lipinski definition) is 0. The fourth-order valence-corrected chi connectivity index (χ4v) is 2.61. The first kappa shape index (κ1) is 13.0. The van der Waals surface area contributed by atoms with E-state index in [2.05, 4.69) is 16.0 Å². The monoisotopic (exact) mass is 289 g/mol. The van der Waals surface area contributed by atoms with Crippen molar-refractivity contribution in [3.8, 4) is 11.3 Å². The molecule has 0 unspecified atom stereocenters. The average molecular weight is 290 g/mol. The van der Waals surface area contributed by atoms with Crippen molar-refractivity contribution < 1.29 is 4.92 Å². The number of rotatable bonds is 3. The van der Waals surface area contributed by atoms with E-state index in [1.165, 1.54) is 31.2 Å². The SMILES string of the molecule is O=[N+]([O-])c1c(Cl)ncnc1-c1cccc(C2CCC2)c1. The van der Waals surface area contributed by atoms with Gasteiger partial charge in [0, 0.05) is 5.56 Å². The molecule has 1 aliphatic carbocycles. The molecule has 5 nitrogen and oxygen atoms in total. The molecule has 1 aromatic carbocycles. The maximum atomic E-state index is 11.1. The van der Waals surface area contributed by atoms with E-state index in [0.29, 0.717) is 11.5 Å². The molecule has 6 heteroatoms. The number of nitrogens with zero attached hydrogens (tertiary/aromatic N) is 3. The largest absolute Gasteiger partial charge is 0.332 e. The van der Waals surface area contributed by atoms with Gasteiger partial charge in [0.2, 0.25) is 5.15 Å². The van der Waals surface area contributed by atoms with Gasteiger partial charge in [-0.25, -0.2) is 9.97 Å². The summed E-state index contributed by atoms with van der Waals surface area (Å²) in [5.74, 6) is 0.561. The third kappa shape index (κ3) is 2.25. The molecule has 0 spiro atoms. The van der Waals surface area contributed by atoms with Crippen LogP contribution in [0.4, 0.5) is 5.69 Å². The Balaban J connectivity index is 2.09. The second-order valence-electron chi connectivity index (χ2n) is 4.87. The molecular formula is C14H12ClN3O2. The Labute approximate surface area is 120 Å². The highest BCUT2D eigenvalue weighted by Crippen LogP contribution is 2.39. The quantitative estimate of drug-likeness (QED) is 0.487. The van der Waals surface area contributed by atoms with Crippen LogP contribution < -0.4 is 0 Å². The van der Waals surface area contributed by atoms with Crippen molar-refractivity contribution in [3.05, 3.63) is 51.4 Å². The summed E-state index contributed by atoms with van der Waals surface area (Å²) >= 11 is 5.82. The third-order valence-electron chi connectivity index (χ3n) is 3.70. The minimum atomic E-state index is -0.534. The highest BCUT2D eigenvalue weighted by Gasteiger charge is 2.24. The lowest BCUT2D eigenvalue weighted by molar-refractivity contribution is -0.384. The van der Waals surface area contributed by atoms with Crippen LogP contribution in [-0.4, -0.2) is 14.9 Å². The Hall–Kier alpha value is -2.01. The van der Waals surface area contributed by atoms with Gasteiger partial charge < -0.3 is 0 Å². The van der Waals surface area contributed by atoms with Gasteiger partial charge in [0.1, 0.15) is 6.33 Å². The normalized spacial score (nSPS) is 14.8. The predicted octanol–water partition coefficient (Wildman–Crippen LogP) is 3.97. The van der Waals surface area contributed by atoms with E-state index in [0.717, 1.165) is 0 Å². The first-order valence-corrected chi connectivity index (χ1v) is 6.80. The molecule has 3 rings (SSSR count). The first-order valence-electron chi connectivity index (χ1n) is 6.42. The Kier molecular flexibility index (Phi) is 3.36. The van der Waals surface area contributed by atoms with E-state index in [-0.39, 0.29) is 16.5 Å². The molecule has 1 saturated carbocycles. The average Bonchev–Trinajstić information content (AvgIpc) is 2.36. The fraction of sp³-hybridized carbons (Fsp3) is 0.286. The molecule has 0 radical (unpaired) electrons. The number of nitro groups is 1. The lowest BCUT2D eigenvalue weighted by atomic mass is 9.79. The molecule has 2 aromatic rings. The fourth-order valence-electron chi connectivity index (χ4n) is 2.41. The summed E-state index contributed by atoms with van der Waals surface area (Å²) in [5.41, 5.74) is 1.96. The zero-order valence-electron chi connectivity index (χ0n) is 10.6. The number of halogens is 1. The van der Waals surface area contributed by atoms with E-state index >= 15 is 0 Å². The molecule has 1 heterocycles. The van der Waals surface area contributed by atoms with Crippen LogP contribution in [0.1, 0.15) is 30.7 Å². The van der Waals surface area contributed by atoms with Crippen LogP contribution in [-0.2, 0) is 0 Å². The van der Waals surface area contributed by atoms with E-state index in [9.17, 15) is 10.1 Å². The molecule has 0 aliphatic heterocycles. The summed E-state index contributed by atoms with van der Waals surface area (Å²) in [5, 5.41) is 11.0. The highest BCUT2D eigenvalue weighted by molar-refractivity contribution is 6.31. The third-order valence-corrected chi connectivity index (χ3v) is 3.97. The lowest BCUT2D eigenvalue weighted by Gasteiger charge is -2.26. The van der Waals surface area contributed by atoms with Crippen LogP contribution in [0.15, 0.2) is 30.6 Å². The molecule has 1 fully saturated rings. The van der Waals surface area contributed by atoms with Gasteiger partial charge in [0.05, 0.1) is 4.92 Å². The van der Waals surface area contributed by atoms with Gasteiger partial charge in [0.15, 0.2) is 5.69 Å². The van der Waals surface area contributed by atoms with E-state index in [4.69, 9.17) is 11.6 Å². The Morgan fingerprint density at radius 3 is 2.75 bits per heavy atom. The van der Waals surface area contributed by atoms with Crippen molar-refractivity contribution in [3.63, 3.8) is 0 Å². The molecule has 0 bridgehead atoms. The molecular weight excluding hydrogens is 278 g/mol. The van der Waals surface area contributed by atoms with Crippen LogP contribution >= 0.6 is 11.6 Å². The van der Waals surface area contributed by atoms with E-state index < -0.39 is 4.92 Å². The van der Waals surface area contributed by atoms with Gasteiger partial charge in [-0.3, -0.25) is 10.1 Å². The second kappa shape index (κ2) is 5.17. The summed E-state index contributed by atoms with van der Waals surface area (Å²) in [4.78, 5) is 18.3. The van der Waals surface area contributed by atoms with E-state index in [1.54, 1.807) is 0 Å². The first-order chi connectivity index (χ1) is 9.66. The van der Waals surface area contributed by atoms with Gasteiger partial charge in [-0.05, 0) is 30.4 Å². The van der Waals surface area contributed by atoms with Crippen molar-refractivity contribution in [2.45, 2.75) is 25.2 Å². The minimum absolute atomic E-state index is 0.131. The maximum Gasteiger partial charge on any atom is 0.332 e. The highest BCUT2D eigenvalue weighted by atomic mass is 35.5. The maximum absolute atomic E-state index is 11.1. The minimum Gasteiger partial charge on any atom is -0.258 e. The Bertz CT molecular complexity index is 671. The Morgan fingerprint density at radius 2 is 2.10 bits per heavy atom. The van der Waals surface area contributed by atoms with Gasteiger partial charge in [-0.15, -0.1) is 0 Å². The molecule has 102 valence electrons. The lowest BCUT2D eigenvalue weighted by Crippen LogP contribution is -2.08. The van der Waals surface area contributed by atoms with Crippen LogP contribution in [0.3, 0.4) is 0 Å². The number of aromatic nitrogens is 2. The van der Waals surface area contributed by atoms with Crippen molar-refractivity contribution in [1.29, 1.82) is 0 Å². The molecule has 0 amide bonds. The molecule has 0 N–H and O–H groups in total. The van der Waals surface area contributed by atoms with Gasteiger partial charge in [-0.1, -0.05) is 36.2 Å². The van der Waals surface area contributed by atoms with Crippen LogP contribution in [0.5, 0.6) is 0 Å². The zero-order chi connectivity index (χ0) is 14.1. The van der Waals surface area contributed by atoms with Gasteiger partial charge in [0.25, 0.3) is 0 Å². The van der Waals surface area contributed by atoms with Crippen molar-refractivity contribution >= 4 is 17.3 Å². The molecule has 0 saturated heterocycles. The molecule has 20 heavy (non-hydrogen) atoms.